The van der Waals surface area contributed by atoms with Crippen molar-refractivity contribution in [2.24, 2.45) is 5.92 Å². The van der Waals surface area contributed by atoms with Crippen molar-refractivity contribution >= 4 is 21.6 Å². The molecule has 0 aliphatic heterocycles. The summed E-state index contributed by atoms with van der Waals surface area (Å²) in [4.78, 5) is 0.199. The fourth-order valence-corrected chi connectivity index (χ4v) is 3.19. The zero-order valence-corrected chi connectivity index (χ0v) is 12.7. The van der Waals surface area contributed by atoms with Gasteiger partial charge in [0.2, 0.25) is 10.0 Å². The van der Waals surface area contributed by atoms with Gasteiger partial charge in [-0.1, -0.05) is 26.0 Å². The summed E-state index contributed by atoms with van der Waals surface area (Å²) >= 11 is 5.63. The Hall–Kier alpha value is -0.620. The molecule has 0 heterocycles. The molecule has 0 radical (unpaired) electrons. The van der Waals surface area contributed by atoms with Gasteiger partial charge >= 0.3 is 0 Å². The highest BCUT2D eigenvalue weighted by molar-refractivity contribution is 7.89. The van der Waals surface area contributed by atoms with Gasteiger partial charge in [0.25, 0.3) is 0 Å². The molecule has 0 spiro atoms. The van der Waals surface area contributed by atoms with Gasteiger partial charge in [0, 0.05) is 11.9 Å². The highest BCUT2D eigenvalue weighted by Crippen LogP contribution is 2.13. The Kier molecular flexibility index (Phi) is 6.26. The standard InChI is InChI=1S/C13H20ClNO3S/c1-10(2)13(9-16)15-19(17,18)12-5-3-11(4-6-12)7-8-14/h3-6,10,13,15-16H,7-9H2,1-2H3/t13-/m1/s1. The van der Waals surface area contributed by atoms with Crippen molar-refractivity contribution in [3.8, 4) is 0 Å². The first kappa shape index (κ1) is 16.4. The van der Waals surface area contributed by atoms with Gasteiger partial charge in [0.15, 0.2) is 0 Å². The average molecular weight is 306 g/mol. The van der Waals surface area contributed by atoms with E-state index in [2.05, 4.69) is 4.72 Å². The van der Waals surface area contributed by atoms with Crippen LogP contribution in [0.3, 0.4) is 0 Å². The lowest BCUT2D eigenvalue weighted by atomic mass is 10.1. The molecule has 0 amide bonds. The van der Waals surface area contributed by atoms with Gasteiger partial charge in [-0.2, -0.15) is 0 Å². The van der Waals surface area contributed by atoms with E-state index in [1.54, 1.807) is 24.3 Å². The van der Waals surface area contributed by atoms with Crippen LogP contribution in [-0.4, -0.2) is 32.1 Å². The molecular formula is C13H20ClNO3S. The molecule has 0 aromatic heterocycles. The van der Waals surface area contributed by atoms with E-state index in [1.165, 1.54) is 0 Å². The first-order chi connectivity index (χ1) is 8.90. The first-order valence-corrected chi connectivity index (χ1v) is 8.20. The SMILES string of the molecule is CC(C)[C@@H](CO)NS(=O)(=O)c1ccc(CCCl)cc1. The van der Waals surface area contributed by atoms with Crippen LogP contribution in [0.2, 0.25) is 0 Å². The minimum atomic E-state index is -3.59. The number of rotatable bonds is 7. The normalized spacial score (nSPS) is 13.7. The molecule has 0 fully saturated rings. The Morgan fingerprint density at radius 2 is 1.84 bits per heavy atom. The van der Waals surface area contributed by atoms with Crippen LogP contribution in [0, 0.1) is 5.92 Å². The fourth-order valence-electron chi connectivity index (χ4n) is 1.60. The topological polar surface area (TPSA) is 66.4 Å². The first-order valence-electron chi connectivity index (χ1n) is 6.18. The minimum absolute atomic E-state index is 0.0234. The van der Waals surface area contributed by atoms with Crippen molar-refractivity contribution in [1.82, 2.24) is 4.72 Å². The van der Waals surface area contributed by atoms with Crippen LogP contribution >= 0.6 is 11.6 Å². The van der Waals surface area contributed by atoms with Gasteiger partial charge in [0.1, 0.15) is 0 Å². The van der Waals surface area contributed by atoms with Crippen LogP contribution < -0.4 is 4.72 Å². The molecule has 1 aromatic rings. The predicted molar refractivity (Wildman–Crippen MR) is 76.9 cm³/mol. The molecule has 1 rings (SSSR count). The van der Waals surface area contributed by atoms with E-state index < -0.39 is 16.1 Å². The summed E-state index contributed by atoms with van der Waals surface area (Å²) in [6, 6.07) is 6.13. The van der Waals surface area contributed by atoms with Crippen LogP contribution in [0.25, 0.3) is 0 Å². The van der Waals surface area contributed by atoms with Crippen LogP contribution in [0.1, 0.15) is 19.4 Å². The Bertz CT molecular complexity index is 485. The number of alkyl halides is 1. The third-order valence-electron chi connectivity index (χ3n) is 2.92. The Morgan fingerprint density at radius 3 is 2.26 bits per heavy atom. The summed E-state index contributed by atoms with van der Waals surface area (Å²) < 4.78 is 26.8. The Morgan fingerprint density at radius 1 is 1.26 bits per heavy atom. The number of hydrogen-bond donors (Lipinski definition) is 2. The molecule has 0 unspecified atom stereocenters. The van der Waals surface area contributed by atoms with E-state index in [4.69, 9.17) is 11.6 Å². The average Bonchev–Trinajstić information content (AvgIpc) is 2.37. The molecule has 1 atom stereocenters. The molecule has 0 saturated carbocycles. The largest absolute Gasteiger partial charge is 0.395 e. The molecule has 108 valence electrons. The quantitative estimate of drug-likeness (QED) is 0.754. The number of aliphatic hydroxyl groups is 1. The van der Waals surface area contributed by atoms with E-state index in [1.807, 2.05) is 13.8 Å². The summed E-state index contributed by atoms with van der Waals surface area (Å²) in [5.41, 5.74) is 0.997. The van der Waals surface area contributed by atoms with Crippen LogP contribution in [0.4, 0.5) is 0 Å². The summed E-state index contributed by atoms with van der Waals surface area (Å²) in [5.74, 6) is 0.528. The molecule has 0 aliphatic carbocycles. The van der Waals surface area contributed by atoms with Crippen molar-refractivity contribution < 1.29 is 13.5 Å². The van der Waals surface area contributed by atoms with Crippen LogP contribution in [-0.2, 0) is 16.4 Å². The minimum Gasteiger partial charge on any atom is -0.395 e. The number of sulfonamides is 1. The smallest absolute Gasteiger partial charge is 0.240 e. The number of aryl methyl sites for hydroxylation is 1. The molecular weight excluding hydrogens is 286 g/mol. The van der Waals surface area contributed by atoms with Gasteiger partial charge in [-0.15, -0.1) is 11.6 Å². The zero-order chi connectivity index (χ0) is 14.5. The highest BCUT2D eigenvalue weighted by Gasteiger charge is 2.21. The lowest BCUT2D eigenvalue weighted by Crippen LogP contribution is -2.41. The summed E-state index contributed by atoms with van der Waals surface area (Å²) in [6.07, 6.45) is 0.709. The highest BCUT2D eigenvalue weighted by atomic mass is 35.5. The molecule has 19 heavy (non-hydrogen) atoms. The van der Waals surface area contributed by atoms with E-state index in [-0.39, 0.29) is 17.4 Å². The number of hydrogen-bond acceptors (Lipinski definition) is 3. The summed E-state index contributed by atoms with van der Waals surface area (Å²) in [5, 5.41) is 9.18. The second kappa shape index (κ2) is 7.24. The monoisotopic (exact) mass is 305 g/mol. The van der Waals surface area contributed by atoms with Gasteiger partial charge in [0.05, 0.1) is 11.5 Å². The third-order valence-corrected chi connectivity index (χ3v) is 4.62. The van der Waals surface area contributed by atoms with Gasteiger partial charge in [-0.05, 0) is 30.0 Å². The van der Waals surface area contributed by atoms with E-state index in [9.17, 15) is 13.5 Å². The predicted octanol–water partition coefficient (Wildman–Crippen LogP) is 1.76. The van der Waals surface area contributed by atoms with E-state index in [0.29, 0.717) is 12.3 Å². The van der Waals surface area contributed by atoms with E-state index >= 15 is 0 Å². The molecule has 1 aromatic carbocycles. The second-order valence-corrected chi connectivity index (χ2v) is 6.83. The number of halogens is 1. The number of nitrogens with one attached hydrogen (secondary N) is 1. The summed E-state index contributed by atoms with van der Waals surface area (Å²) in [6.45, 7) is 3.49. The molecule has 6 heteroatoms. The summed E-state index contributed by atoms with van der Waals surface area (Å²) in [7, 11) is -3.59. The Balaban J connectivity index is 2.87. The molecule has 0 bridgehead atoms. The maximum atomic E-state index is 12.1. The van der Waals surface area contributed by atoms with Crippen molar-refractivity contribution in [2.75, 3.05) is 12.5 Å². The van der Waals surface area contributed by atoms with Gasteiger partial charge in [-0.25, -0.2) is 13.1 Å². The molecule has 2 N–H and O–H groups in total. The molecule has 0 aliphatic rings. The molecule has 4 nitrogen and oxygen atoms in total. The van der Waals surface area contributed by atoms with Crippen molar-refractivity contribution in [3.63, 3.8) is 0 Å². The third kappa shape index (κ3) is 4.76. The van der Waals surface area contributed by atoms with E-state index in [0.717, 1.165) is 5.56 Å². The second-order valence-electron chi connectivity index (χ2n) is 4.74. The van der Waals surface area contributed by atoms with Crippen molar-refractivity contribution in [3.05, 3.63) is 29.8 Å². The van der Waals surface area contributed by atoms with Gasteiger partial charge < -0.3 is 5.11 Å². The number of benzene rings is 1. The fraction of sp³-hybridized carbons (Fsp3) is 0.538. The van der Waals surface area contributed by atoms with Gasteiger partial charge in [-0.3, -0.25) is 0 Å². The van der Waals surface area contributed by atoms with Crippen LogP contribution in [0.15, 0.2) is 29.2 Å². The maximum absolute atomic E-state index is 12.1. The van der Waals surface area contributed by atoms with Crippen LogP contribution in [0.5, 0.6) is 0 Å². The van der Waals surface area contributed by atoms with Crippen molar-refractivity contribution in [1.29, 1.82) is 0 Å². The van der Waals surface area contributed by atoms with Crippen molar-refractivity contribution in [2.45, 2.75) is 31.2 Å². The Labute approximate surface area is 119 Å². The lowest BCUT2D eigenvalue weighted by molar-refractivity contribution is 0.227. The molecule has 0 saturated heterocycles. The zero-order valence-electron chi connectivity index (χ0n) is 11.1. The number of aliphatic hydroxyl groups excluding tert-OH is 1. The lowest BCUT2D eigenvalue weighted by Gasteiger charge is -2.19. The maximum Gasteiger partial charge on any atom is 0.240 e.